The first-order valence-electron chi connectivity index (χ1n) is 6.52. The number of hydrogen-bond donors (Lipinski definition) is 0. The number of esters is 1. The minimum absolute atomic E-state index is 0.279. The highest BCUT2D eigenvalue weighted by Crippen LogP contribution is 2.39. The summed E-state index contributed by atoms with van der Waals surface area (Å²) < 4.78 is 16.6. The molecule has 0 aromatic heterocycles. The number of rotatable bonds is 3. The Morgan fingerprint density at radius 1 is 1.37 bits per heavy atom. The smallest absolute Gasteiger partial charge is 0.461 e. The van der Waals surface area contributed by atoms with Crippen molar-refractivity contribution in [2.24, 2.45) is 5.16 Å². The Kier molecular flexibility index (Phi) is 3.62. The number of carbonyl (C=O) groups is 1. The fourth-order valence-corrected chi connectivity index (χ4v) is 1.92. The van der Waals surface area contributed by atoms with Crippen molar-refractivity contribution in [1.29, 1.82) is 0 Å². The largest absolute Gasteiger partial charge is 0.505 e. The molecule has 1 unspecified atom stereocenters. The van der Waals surface area contributed by atoms with E-state index in [0.717, 1.165) is 0 Å². The van der Waals surface area contributed by atoms with E-state index in [2.05, 4.69) is 5.16 Å². The van der Waals surface area contributed by atoms with Gasteiger partial charge in [0.1, 0.15) is 0 Å². The first-order valence-corrected chi connectivity index (χ1v) is 6.52. The zero-order valence-corrected chi connectivity index (χ0v) is 12.1. The monoisotopic (exact) mass is 269 g/mol. The van der Waals surface area contributed by atoms with Crippen molar-refractivity contribution in [2.75, 3.05) is 6.61 Å². The van der Waals surface area contributed by atoms with E-state index in [0.29, 0.717) is 13.0 Å². The molecule has 0 bridgehead atoms. The van der Waals surface area contributed by atoms with Gasteiger partial charge in [-0.3, -0.25) is 0 Å². The third kappa shape index (κ3) is 2.62. The van der Waals surface area contributed by atoms with Crippen LogP contribution in [-0.2, 0) is 23.7 Å². The summed E-state index contributed by atoms with van der Waals surface area (Å²) in [4.78, 5) is 16.8. The van der Waals surface area contributed by atoms with Crippen LogP contribution >= 0.6 is 0 Å². The Balaban J connectivity index is 1.96. The Morgan fingerprint density at radius 3 is 2.47 bits per heavy atom. The molecule has 2 aliphatic heterocycles. The Hall–Kier alpha value is -1.08. The maximum absolute atomic E-state index is 11.5. The van der Waals surface area contributed by atoms with E-state index in [9.17, 15) is 4.79 Å². The minimum atomic E-state index is -0.527. The highest BCUT2D eigenvalue weighted by Gasteiger charge is 2.56. The van der Waals surface area contributed by atoms with Gasteiger partial charge in [0.05, 0.1) is 17.8 Å². The molecule has 0 saturated carbocycles. The Bertz CT molecular complexity index is 391. The molecule has 2 aliphatic rings. The number of carbonyl (C=O) groups excluding carboxylic acids is 1. The van der Waals surface area contributed by atoms with Crippen LogP contribution in [0.5, 0.6) is 0 Å². The summed E-state index contributed by atoms with van der Waals surface area (Å²) in [5.74, 6) is -0.443. The topological polar surface area (TPSA) is 66.4 Å². The van der Waals surface area contributed by atoms with Gasteiger partial charge in [-0.05, 0) is 34.6 Å². The van der Waals surface area contributed by atoms with E-state index in [1.807, 2.05) is 27.7 Å². The number of oxime groups is 1. The van der Waals surface area contributed by atoms with Gasteiger partial charge in [-0.2, -0.15) is 0 Å². The third-order valence-corrected chi connectivity index (χ3v) is 3.78. The lowest BCUT2D eigenvalue weighted by Crippen LogP contribution is -2.41. The fourth-order valence-electron chi connectivity index (χ4n) is 1.92. The second kappa shape index (κ2) is 4.79. The standard InChI is InChI=1S/C12H20BNO5/c1-6-16-10(15)8-7-9(17-14-8)13-18-11(2,3)12(4,5)19-13/h9H,6-7H2,1-5H3. The quantitative estimate of drug-likeness (QED) is 0.571. The van der Waals surface area contributed by atoms with Crippen LogP contribution < -0.4 is 0 Å². The van der Waals surface area contributed by atoms with E-state index >= 15 is 0 Å². The average Bonchev–Trinajstić information content (AvgIpc) is 2.83. The highest BCUT2D eigenvalue weighted by atomic mass is 16.7. The van der Waals surface area contributed by atoms with Crippen LogP contribution in [0, 0.1) is 0 Å². The number of hydrogen-bond acceptors (Lipinski definition) is 6. The molecule has 0 spiro atoms. The molecule has 106 valence electrons. The Labute approximate surface area is 113 Å². The van der Waals surface area contributed by atoms with Gasteiger partial charge in [-0.15, -0.1) is 0 Å². The van der Waals surface area contributed by atoms with Gasteiger partial charge in [0.2, 0.25) is 0 Å². The predicted octanol–water partition coefficient (Wildman–Crippen LogP) is 1.33. The van der Waals surface area contributed by atoms with Crippen molar-refractivity contribution < 1.29 is 23.7 Å². The molecule has 0 aliphatic carbocycles. The number of ether oxygens (including phenoxy) is 1. The molecule has 2 heterocycles. The summed E-state index contributed by atoms with van der Waals surface area (Å²) >= 11 is 0. The van der Waals surface area contributed by atoms with Crippen molar-refractivity contribution >= 4 is 18.8 Å². The van der Waals surface area contributed by atoms with Crippen LogP contribution in [0.15, 0.2) is 5.16 Å². The van der Waals surface area contributed by atoms with Crippen LogP contribution in [0.4, 0.5) is 0 Å². The molecule has 0 N–H and O–H groups in total. The minimum Gasteiger partial charge on any atom is -0.461 e. The first-order chi connectivity index (χ1) is 8.77. The van der Waals surface area contributed by atoms with Gasteiger partial charge in [-0.1, -0.05) is 5.16 Å². The third-order valence-electron chi connectivity index (χ3n) is 3.78. The summed E-state index contributed by atoms with van der Waals surface area (Å²) in [6.07, 6.45) is 0.343. The van der Waals surface area contributed by atoms with Crippen molar-refractivity contribution in [3.8, 4) is 0 Å². The van der Waals surface area contributed by atoms with Gasteiger partial charge < -0.3 is 18.9 Å². The lowest BCUT2D eigenvalue weighted by molar-refractivity contribution is -0.135. The molecular formula is C12H20BNO5. The van der Waals surface area contributed by atoms with Gasteiger partial charge >= 0.3 is 13.1 Å². The zero-order chi connectivity index (χ0) is 14.3. The van der Waals surface area contributed by atoms with Gasteiger partial charge in [0, 0.05) is 6.42 Å². The molecule has 6 nitrogen and oxygen atoms in total. The lowest BCUT2D eigenvalue weighted by atomic mass is 9.78. The number of nitrogens with zero attached hydrogens (tertiary/aromatic N) is 1. The summed E-state index contributed by atoms with van der Waals surface area (Å²) in [7, 11) is -0.527. The molecule has 1 atom stereocenters. The fraction of sp³-hybridized carbons (Fsp3) is 0.833. The highest BCUT2D eigenvalue weighted by molar-refractivity contribution is 6.49. The van der Waals surface area contributed by atoms with Crippen LogP contribution in [0.25, 0.3) is 0 Å². The second-order valence-electron chi connectivity index (χ2n) is 5.73. The van der Waals surface area contributed by atoms with E-state index in [4.69, 9.17) is 18.9 Å². The van der Waals surface area contributed by atoms with E-state index in [1.54, 1.807) is 6.92 Å². The molecule has 1 saturated heterocycles. The van der Waals surface area contributed by atoms with Crippen molar-refractivity contribution in [3.05, 3.63) is 0 Å². The summed E-state index contributed by atoms with van der Waals surface area (Å²) in [6.45, 7) is 9.94. The molecule has 7 heteroatoms. The molecule has 2 rings (SSSR count). The van der Waals surface area contributed by atoms with E-state index < -0.39 is 30.3 Å². The second-order valence-corrected chi connectivity index (χ2v) is 5.73. The lowest BCUT2D eigenvalue weighted by Gasteiger charge is -2.32. The molecule has 1 fully saturated rings. The molecule has 0 aromatic carbocycles. The predicted molar refractivity (Wildman–Crippen MR) is 69.6 cm³/mol. The summed E-state index contributed by atoms with van der Waals surface area (Å²) in [5, 5.41) is 3.76. The van der Waals surface area contributed by atoms with Crippen molar-refractivity contribution in [1.82, 2.24) is 0 Å². The molecule has 0 aromatic rings. The van der Waals surface area contributed by atoms with Crippen molar-refractivity contribution in [3.63, 3.8) is 0 Å². The van der Waals surface area contributed by atoms with E-state index in [1.165, 1.54) is 0 Å². The molecular weight excluding hydrogens is 249 g/mol. The first kappa shape index (κ1) is 14.3. The van der Waals surface area contributed by atoms with Gasteiger partial charge in [0.25, 0.3) is 0 Å². The molecule has 0 amide bonds. The maximum atomic E-state index is 11.5. The van der Waals surface area contributed by atoms with E-state index in [-0.39, 0.29) is 5.71 Å². The van der Waals surface area contributed by atoms with Crippen LogP contribution in [-0.4, -0.2) is 42.6 Å². The maximum Gasteiger partial charge on any atom is 0.505 e. The van der Waals surface area contributed by atoms with Crippen LogP contribution in [0.3, 0.4) is 0 Å². The molecule has 0 radical (unpaired) electrons. The van der Waals surface area contributed by atoms with Crippen molar-refractivity contribution in [2.45, 2.75) is 58.2 Å². The van der Waals surface area contributed by atoms with Gasteiger partial charge in [0.15, 0.2) is 11.7 Å². The summed E-state index contributed by atoms with van der Waals surface area (Å²) in [6, 6.07) is -0.402. The van der Waals surface area contributed by atoms with Gasteiger partial charge in [-0.25, -0.2) is 4.79 Å². The normalized spacial score (nSPS) is 27.9. The Morgan fingerprint density at radius 2 is 1.95 bits per heavy atom. The van der Waals surface area contributed by atoms with Crippen LogP contribution in [0.1, 0.15) is 41.0 Å². The molecule has 19 heavy (non-hydrogen) atoms. The SMILES string of the molecule is CCOC(=O)C1=NOC(B2OC(C)(C)C(C)(C)O2)C1. The zero-order valence-electron chi connectivity index (χ0n) is 12.1. The average molecular weight is 269 g/mol. The van der Waals surface area contributed by atoms with Crippen LogP contribution in [0.2, 0.25) is 0 Å². The summed E-state index contributed by atoms with van der Waals surface area (Å²) in [5.41, 5.74) is -0.567.